The number of nitrogens with zero attached hydrogens (tertiary/aromatic N) is 2. The van der Waals surface area contributed by atoms with Crippen LogP contribution in [0, 0.1) is 0 Å². The largest absolute Gasteiger partial charge is 0.478 e. The lowest BCUT2D eigenvalue weighted by Crippen LogP contribution is -2.14. The molecule has 0 saturated carbocycles. The van der Waals surface area contributed by atoms with Gasteiger partial charge in [0.05, 0.1) is 15.6 Å². The molecule has 1 N–H and O–H groups in total. The monoisotopic (exact) mass is 468 g/mol. The van der Waals surface area contributed by atoms with Crippen LogP contribution in [0.2, 0.25) is 10.0 Å². The molecule has 4 aromatic rings. The molecular weight excluding hydrogens is 451 g/mol. The van der Waals surface area contributed by atoms with Crippen molar-refractivity contribution in [1.29, 1.82) is 0 Å². The van der Waals surface area contributed by atoms with E-state index in [0.717, 1.165) is 11.5 Å². The van der Waals surface area contributed by atoms with Crippen molar-refractivity contribution in [3.05, 3.63) is 81.7 Å². The third-order valence-corrected chi connectivity index (χ3v) is 5.68. The van der Waals surface area contributed by atoms with Crippen LogP contribution in [0.4, 0.5) is 0 Å². The SMILES string of the molecule is CC(C)c1onc(-c2c(Cl)cccc2Cl)c1C(=O)n1ccc2c(/C=C/C(=O)O)cccc21. The molecular formula is C24H18Cl2N2O4. The Labute approximate surface area is 193 Å². The Kier molecular flexibility index (Phi) is 5.91. The van der Waals surface area contributed by atoms with Gasteiger partial charge in [-0.3, -0.25) is 9.36 Å². The lowest BCUT2D eigenvalue weighted by Gasteiger charge is -2.10. The normalized spacial score (nSPS) is 11.7. The van der Waals surface area contributed by atoms with Crippen LogP contribution in [0.3, 0.4) is 0 Å². The Balaban J connectivity index is 1.91. The maximum atomic E-state index is 13.8. The number of hydrogen-bond donors (Lipinski definition) is 1. The molecule has 2 heterocycles. The molecule has 0 aliphatic carbocycles. The molecule has 0 amide bonds. The van der Waals surface area contributed by atoms with Crippen molar-refractivity contribution in [3.8, 4) is 11.3 Å². The quantitative estimate of drug-likeness (QED) is 0.337. The molecule has 2 aromatic carbocycles. The van der Waals surface area contributed by atoms with Gasteiger partial charge in [-0.15, -0.1) is 0 Å². The Morgan fingerprint density at radius 1 is 1.09 bits per heavy atom. The summed E-state index contributed by atoms with van der Waals surface area (Å²) >= 11 is 12.8. The zero-order chi connectivity index (χ0) is 23.0. The second-order valence-corrected chi connectivity index (χ2v) is 8.28. The van der Waals surface area contributed by atoms with Gasteiger partial charge < -0.3 is 9.63 Å². The number of halogens is 2. The molecule has 0 bridgehead atoms. The average Bonchev–Trinajstić information content (AvgIpc) is 3.37. The first-order chi connectivity index (χ1) is 15.3. The van der Waals surface area contributed by atoms with Crippen molar-refractivity contribution in [2.75, 3.05) is 0 Å². The van der Waals surface area contributed by atoms with Gasteiger partial charge in [-0.25, -0.2) is 4.79 Å². The van der Waals surface area contributed by atoms with Crippen molar-refractivity contribution < 1.29 is 19.2 Å². The van der Waals surface area contributed by atoms with E-state index in [1.807, 2.05) is 13.8 Å². The number of carbonyl (C=O) groups is 2. The summed E-state index contributed by atoms with van der Waals surface area (Å²) < 4.78 is 7.05. The minimum atomic E-state index is -1.05. The van der Waals surface area contributed by atoms with Gasteiger partial charge in [-0.05, 0) is 35.9 Å². The van der Waals surface area contributed by atoms with E-state index in [1.54, 1.807) is 48.7 Å². The van der Waals surface area contributed by atoms with E-state index < -0.39 is 5.97 Å². The molecule has 0 atom stereocenters. The lowest BCUT2D eigenvalue weighted by atomic mass is 10.00. The van der Waals surface area contributed by atoms with Crippen LogP contribution in [0.15, 0.2) is 59.3 Å². The van der Waals surface area contributed by atoms with Gasteiger partial charge in [0, 0.05) is 29.1 Å². The van der Waals surface area contributed by atoms with Crippen LogP contribution < -0.4 is 0 Å². The van der Waals surface area contributed by atoms with Crippen molar-refractivity contribution >= 4 is 52.1 Å². The number of carbonyl (C=O) groups excluding carboxylic acids is 1. The van der Waals surface area contributed by atoms with E-state index in [9.17, 15) is 9.59 Å². The molecule has 4 rings (SSSR count). The Morgan fingerprint density at radius 3 is 2.44 bits per heavy atom. The van der Waals surface area contributed by atoms with Gasteiger partial charge in [0.25, 0.3) is 5.91 Å². The summed E-state index contributed by atoms with van der Waals surface area (Å²) in [6, 6.07) is 12.2. The van der Waals surface area contributed by atoms with E-state index in [0.29, 0.717) is 32.4 Å². The highest BCUT2D eigenvalue weighted by molar-refractivity contribution is 6.39. The van der Waals surface area contributed by atoms with E-state index in [4.69, 9.17) is 32.8 Å². The Morgan fingerprint density at radius 2 is 1.78 bits per heavy atom. The molecule has 6 nitrogen and oxygen atoms in total. The van der Waals surface area contributed by atoms with Crippen LogP contribution >= 0.6 is 23.2 Å². The molecule has 0 fully saturated rings. The third-order valence-electron chi connectivity index (χ3n) is 5.05. The summed E-state index contributed by atoms with van der Waals surface area (Å²) in [7, 11) is 0. The number of aliphatic carboxylic acids is 1. The average molecular weight is 469 g/mol. The fourth-order valence-corrected chi connectivity index (χ4v) is 4.17. The molecule has 0 radical (unpaired) electrons. The molecule has 162 valence electrons. The number of benzene rings is 2. The van der Waals surface area contributed by atoms with Crippen molar-refractivity contribution in [1.82, 2.24) is 9.72 Å². The second kappa shape index (κ2) is 8.65. The molecule has 0 aliphatic heterocycles. The molecule has 0 unspecified atom stereocenters. The summed E-state index contributed by atoms with van der Waals surface area (Å²) in [5.41, 5.74) is 2.28. The highest BCUT2D eigenvalue weighted by atomic mass is 35.5. The number of hydrogen-bond acceptors (Lipinski definition) is 4. The predicted molar refractivity (Wildman–Crippen MR) is 124 cm³/mol. The molecule has 0 spiro atoms. The van der Waals surface area contributed by atoms with E-state index >= 15 is 0 Å². The molecule has 0 aliphatic rings. The molecule has 2 aromatic heterocycles. The third kappa shape index (κ3) is 3.83. The Hall–Kier alpha value is -3.35. The lowest BCUT2D eigenvalue weighted by molar-refractivity contribution is -0.131. The van der Waals surface area contributed by atoms with E-state index in [1.165, 1.54) is 10.6 Å². The maximum absolute atomic E-state index is 13.8. The van der Waals surface area contributed by atoms with Gasteiger partial charge in [-0.1, -0.05) is 60.4 Å². The maximum Gasteiger partial charge on any atom is 0.328 e. The van der Waals surface area contributed by atoms with E-state index in [2.05, 4.69) is 5.16 Å². The fraction of sp³-hybridized carbons (Fsp3) is 0.125. The zero-order valence-corrected chi connectivity index (χ0v) is 18.7. The molecule has 0 saturated heterocycles. The van der Waals surface area contributed by atoms with Gasteiger partial charge >= 0.3 is 5.97 Å². The number of carboxylic acid groups (broad SMARTS) is 1. The molecule has 32 heavy (non-hydrogen) atoms. The minimum Gasteiger partial charge on any atom is -0.478 e. The van der Waals surface area contributed by atoms with E-state index in [-0.39, 0.29) is 23.1 Å². The van der Waals surface area contributed by atoms with Gasteiger partial charge in [-0.2, -0.15) is 0 Å². The highest BCUT2D eigenvalue weighted by Crippen LogP contribution is 2.39. The topological polar surface area (TPSA) is 85.3 Å². The molecule has 8 heteroatoms. The summed E-state index contributed by atoms with van der Waals surface area (Å²) in [6.45, 7) is 3.80. The van der Waals surface area contributed by atoms with Crippen molar-refractivity contribution in [2.45, 2.75) is 19.8 Å². The van der Waals surface area contributed by atoms with Crippen LogP contribution in [0.5, 0.6) is 0 Å². The first-order valence-electron chi connectivity index (χ1n) is 9.79. The summed E-state index contributed by atoms with van der Waals surface area (Å²) in [5.74, 6) is -1.10. The first-order valence-corrected chi connectivity index (χ1v) is 10.5. The summed E-state index contributed by atoms with van der Waals surface area (Å²) in [4.78, 5) is 24.7. The van der Waals surface area contributed by atoms with Crippen LogP contribution in [-0.2, 0) is 4.79 Å². The van der Waals surface area contributed by atoms with Crippen LogP contribution in [0.25, 0.3) is 28.2 Å². The fourth-order valence-electron chi connectivity index (χ4n) is 3.59. The van der Waals surface area contributed by atoms with Gasteiger partial charge in [0.15, 0.2) is 5.76 Å². The minimum absolute atomic E-state index is 0.118. The summed E-state index contributed by atoms with van der Waals surface area (Å²) in [6.07, 6.45) is 4.19. The van der Waals surface area contributed by atoms with Crippen molar-refractivity contribution in [3.63, 3.8) is 0 Å². The van der Waals surface area contributed by atoms with Crippen molar-refractivity contribution in [2.24, 2.45) is 0 Å². The standard InChI is InChI=1S/C24H18Cl2N2O4/c1-13(2)23-21(22(27-32-23)20-16(25)6-4-7-17(20)26)24(31)28-12-11-15-14(9-10-19(29)30)5-3-8-18(15)28/h3-13H,1-2H3,(H,29,30)/b10-9+. The number of carboxylic acids is 1. The first kappa shape index (κ1) is 21.9. The number of fused-ring (bicyclic) bond motifs is 1. The number of rotatable bonds is 5. The Bertz CT molecular complexity index is 1360. The predicted octanol–water partition coefficient (Wildman–Crippen LogP) is 6.51. The number of aromatic nitrogens is 2. The van der Waals surface area contributed by atoms with Crippen LogP contribution in [-0.4, -0.2) is 26.7 Å². The van der Waals surface area contributed by atoms with Gasteiger partial charge in [0.2, 0.25) is 0 Å². The summed E-state index contributed by atoms with van der Waals surface area (Å²) in [5, 5.41) is 14.5. The zero-order valence-electron chi connectivity index (χ0n) is 17.2. The van der Waals surface area contributed by atoms with Crippen LogP contribution in [0.1, 0.15) is 41.4 Å². The smallest absolute Gasteiger partial charge is 0.328 e. The second-order valence-electron chi connectivity index (χ2n) is 7.46. The van der Waals surface area contributed by atoms with Gasteiger partial charge in [0.1, 0.15) is 11.3 Å². The highest BCUT2D eigenvalue weighted by Gasteiger charge is 2.29.